The van der Waals surface area contributed by atoms with Crippen LogP contribution in [0.3, 0.4) is 0 Å². The molecular weight excluding hydrogens is 244 g/mol. The Morgan fingerprint density at radius 1 is 1.28 bits per heavy atom. The third-order valence-electron chi connectivity index (χ3n) is 3.03. The van der Waals surface area contributed by atoms with Crippen molar-refractivity contribution in [3.8, 4) is 0 Å². The smallest absolute Gasteiger partial charge is 0.0471 e. The molecule has 0 amide bonds. The summed E-state index contributed by atoms with van der Waals surface area (Å²) in [6.45, 7) is 11.6. The van der Waals surface area contributed by atoms with E-state index in [2.05, 4.69) is 64.0 Å². The van der Waals surface area contributed by atoms with E-state index in [4.69, 9.17) is 11.6 Å². The Morgan fingerprint density at radius 3 is 2.33 bits per heavy atom. The second-order valence-electron chi connectivity index (χ2n) is 6.08. The number of rotatable bonds is 4. The average molecular weight is 269 g/mol. The van der Waals surface area contributed by atoms with E-state index in [0.717, 1.165) is 22.8 Å². The van der Waals surface area contributed by atoms with E-state index in [1.807, 2.05) is 6.07 Å². The van der Waals surface area contributed by atoms with Crippen LogP contribution in [-0.2, 0) is 6.54 Å². The molecular formula is C15H25ClN2. The molecule has 1 aromatic carbocycles. The van der Waals surface area contributed by atoms with Crippen molar-refractivity contribution in [2.45, 2.75) is 52.7 Å². The van der Waals surface area contributed by atoms with Crippen LogP contribution in [0.5, 0.6) is 0 Å². The van der Waals surface area contributed by atoms with Crippen LogP contribution in [0.1, 0.15) is 40.2 Å². The van der Waals surface area contributed by atoms with Crippen LogP contribution in [0.4, 0.5) is 5.69 Å². The fourth-order valence-corrected chi connectivity index (χ4v) is 1.80. The number of nitrogens with one attached hydrogen (secondary N) is 1. The maximum Gasteiger partial charge on any atom is 0.0471 e. The molecule has 0 atom stereocenters. The number of nitrogens with zero attached hydrogens (tertiary/aromatic N) is 1. The minimum atomic E-state index is 0.108. The van der Waals surface area contributed by atoms with Crippen molar-refractivity contribution in [2.24, 2.45) is 0 Å². The molecule has 0 aliphatic rings. The molecule has 18 heavy (non-hydrogen) atoms. The van der Waals surface area contributed by atoms with Gasteiger partial charge in [0.05, 0.1) is 0 Å². The van der Waals surface area contributed by atoms with Crippen molar-refractivity contribution < 1.29 is 0 Å². The fourth-order valence-electron chi connectivity index (χ4n) is 1.56. The van der Waals surface area contributed by atoms with Crippen LogP contribution >= 0.6 is 11.6 Å². The lowest BCUT2D eigenvalue weighted by molar-refractivity contribution is 0.424. The zero-order chi connectivity index (χ0) is 13.9. The molecule has 0 saturated heterocycles. The normalized spacial score (nSPS) is 12.0. The second-order valence-corrected chi connectivity index (χ2v) is 6.49. The van der Waals surface area contributed by atoms with Crippen LogP contribution in [0.2, 0.25) is 5.02 Å². The van der Waals surface area contributed by atoms with E-state index in [0.29, 0.717) is 6.04 Å². The Morgan fingerprint density at radius 2 is 1.89 bits per heavy atom. The first-order chi connectivity index (χ1) is 8.20. The van der Waals surface area contributed by atoms with Crippen molar-refractivity contribution in [1.82, 2.24) is 5.32 Å². The zero-order valence-corrected chi connectivity index (χ0v) is 13.1. The highest BCUT2D eigenvalue weighted by Crippen LogP contribution is 2.24. The summed E-state index contributed by atoms with van der Waals surface area (Å²) in [6.07, 6.45) is 0. The summed E-state index contributed by atoms with van der Waals surface area (Å²) in [5, 5.41) is 4.28. The van der Waals surface area contributed by atoms with Gasteiger partial charge in [-0.25, -0.2) is 0 Å². The number of halogens is 1. The first kappa shape index (κ1) is 15.3. The monoisotopic (exact) mass is 268 g/mol. The highest BCUT2D eigenvalue weighted by molar-refractivity contribution is 6.31. The molecule has 0 aliphatic carbocycles. The van der Waals surface area contributed by atoms with Crippen LogP contribution in [0, 0.1) is 0 Å². The fraction of sp³-hybridized carbons (Fsp3) is 0.600. The molecule has 0 fully saturated rings. The Hall–Kier alpha value is -0.730. The maximum atomic E-state index is 6.34. The molecule has 0 aromatic heterocycles. The van der Waals surface area contributed by atoms with Crippen LogP contribution in [0.25, 0.3) is 0 Å². The maximum absolute atomic E-state index is 6.34. The number of anilines is 1. The van der Waals surface area contributed by atoms with Gasteiger partial charge < -0.3 is 10.2 Å². The average Bonchev–Trinajstić information content (AvgIpc) is 2.25. The van der Waals surface area contributed by atoms with Gasteiger partial charge in [-0.2, -0.15) is 0 Å². The van der Waals surface area contributed by atoms with Crippen LogP contribution in [0.15, 0.2) is 18.2 Å². The van der Waals surface area contributed by atoms with Gasteiger partial charge >= 0.3 is 0 Å². The SMILES string of the molecule is CC(C)N(C)c1ccc(CNC(C)(C)C)c(Cl)c1. The summed E-state index contributed by atoms with van der Waals surface area (Å²) in [5.74, 6) is 0. The minimum absolute atomic E-state index is 0.108. The highest BCUT2D eigenvalue weighted by Gasteiger charge is 2.11. The number of hydrogen-bond donors (Lipinski definition) is 1. The first-order valence-electron chi connectivity index (χ1n) is 6.47. The summed E-state index contributed by atoms with van der Waals surface area (Å²) in [6, 6.07) is 6.75. The molecule has 0 radical (unpaired) electrons. The van der Waals surface area contributed by atoms with Gasteiger partial charge in [-0.05, 0) is 52.3 Å². The van der Waals surface area contributed by atoms with Gasteiger partial charge in [0.2, 0.25) is 0 Å². The quantitative estimate of drug-likeness (QED) is 0.885. The van der Waals surface area contributed by atoms with E-state index >= 15 is 0 Å². The Labute approximate surface area is 116 Å². The first-order valence-corrected chi connectivity index (χ1v) is 6.85. The minimum Gasteiger partial charge on any atom is -0.372 e. The summed E-state index contributed by atoms with van der Waals surface area (Å²) in [5.41, 5.74) is 2.42. The topological polar surface area (TPSA) is 15.3 Å². The van der Waals surface area contributed by atoms with E-state index in [-0.39, 0.29) is 5.54 Å². The summed E-state index contributed by atoms with van der Waals surface area (Å²) >= 11 is 6.34. The molecule has 0 aliphatic heterocycles. The highest BCUT2D eigenvalue weighted by atomic mass is 35.5. The van der Waals surface area contributed by atoms with Crippen molar-refractivity contribution >= 4 is 17.3 Å². The molecule has 1 N–H and O–H groups in total. The number of benzene rings is 1. The van der Waals surface area contributed by atoms with Crippen molar-refractivity contribution in [1.29, 1.82) is 0 Å². The van der Waals surface area contributed by atoms with Gasteiger partial charge in [0.15, 0.2) is 0 Å². The lowest BCUT2D eigenvalue weighted by Gasteiger charge is -2.25. The molecule has 0 spiro atoms. The van der Waals surface area contributed by atoms with Gasteiger partial charge in [-0.3, -0.25) is 0 Å². The molecule has 2 nitrogen and oxygen atoms in total. The zero-order valence-electron chi connectivity index (χ0n) is 12.3. The molecule has 1 rings (SSSR count). The van der Waals surface area contributed by atoms with Gasteiger partial charge in [-0.15, -0.1) is 0 Å². The Kier molecular flexibility index (Phi) is 5.06. The Balaban J connectivity index is 2.80. The largest absolute Gasteiger partial charge is 0.372 e. The Bertz CT molecular complexity index is 394. The van der Waals surface area contributed by atoms with Crippen LogP contribution in [-0.4, -0.2) is 18.6 Å². The van der Waals surface area contributed by atoms with E-state index in [1.165, 1.54) is 0 Å². The van der Waals surface area contributed by atoms with Gasteiger partial charge in [0.1, 0.15) is 0 Å². The predicted octanol–water partition coefficient (Wildman–Crippen LogP) is 4.07. The third-order valence-corrected chi connectivity index (χ3v) is 3.38. The van der Waals surface area contributed by atoms with Gasteiger partial charge in [0.25, 0.3) is 0 Å². The van der Waals surface area contributed by atoms with E-state index < -0.39 is 0 Å². The molecule has 0 saturated carbocycles. The van der Waals surface area contributed by atoms with E-state index in [9.17, 15) is 0 Å². The molecule has 1 aromatic rings. The third kappa shape index (κ3) is 4.51. The van der Waals surface area contributed by atoms with E-state index in [1.54, 1.807) is 0 Å². The van der Waals surface area contributed by atoms with Gasteiger partial charge in [0, 0.05) is 35.9 Å². The summed E-state index contributed by atoms with van der Waals surface area (Å²) in [4.78, 5) is 2.22. The summed E-state index contributed by atoms with van der Waals surface area (Å²) in [7, 11) is 2.09. The van der Waals surface area contributed by atoms with Crippen molar-refractivity contribution in [3.05, 3.63) is 28.8 Å². The van der Waals surface area contributed by atoms with Crippen LogP contribution < -0.4 is 10.2 Å². The van der Waals surface area contributed by atoms with Crippen molar-refractivity contribution in [3.63, 3.8) is 0 Å². The molecule has 3 heteroatoms. The standard InChI is InChI=1S/C15H25ClN2/c1-11(2)18(6)13-8-7-12(14(16)9-13)10-17-15(3,4)5/h7-9,11,17H,10H2,1-6H3. The number of hydrogen-bond acceptors (Lipinski definition) is 2. The van der Waals surface area contributed by atoms with Gasteiger partial charge in [-0.1, -0.05) is 17.7 Å². The predicted molar refractivity (Wildman–Crippen MR) is 81.6 cm³/mol. The summed E-state index contributed by atoms with van der Waals surface area (Å²) < 4.78 is 0. The second kappa shape index (κ2) is 5.94. The molecule has 0 unspecified atom stereocenters. The lowest BCUT2D eigenvalue weighted by atomic mass is 10.1. The molecule has 102 valence electrons. The molecule has 0 bridgehead atoms. The lowest BCUT2D eigenvalue weighted by Crippen LogP contribution is -2.35. The van der Waals surface area contributed by atoms with Crippen molar-refractivity contribution in [2.75, 3.05) is 11.9 Å². The molecule has 0 heterocycles.